The summed E-state index contributed by atoms with van der Waals surface area (Å²) >= 11 is 0. The van der Waals surface area contributed by atoms with Crippen molar-refractivity contribution in [1.82, 2.24) is 14.5 Å². The Balaban J connectivity index is 1.72. The van der Waals surface area contributed by atoms with Gasteiger partial charge in [0.1, 0.15) is 0 Å². The monoisotopic (exact) mass is 475 g/mol. The topological polar surface area (TPSA) is 69.7 Å². The number of nitrogens with zero attached hydrogens (tertiary/aromatic N) is 2. The SMILES string of the molecule is CC(C)C[C@@H](C(=O)N[C@@H]1CC[C@H]2CN(S(=O)(=O)c3cccc(C(F)(F)F)c3)C[C@H]21)N(C)C. The third kappa shape index (κ3) is 5.28. The summed E-state index contributed by atoms with van der Waals surface area (Å²) in [5.41, 5.74) is -0.983. The van der Waals surface area contributed by atoms with Gasteiger partial charge in [-0.05, 0) is 69.3 Å². The van der Waals surface area contributed by atoms with Crippen molar-refractivity contribution < 1.29 is 26.4 Å². The van der Waals surface area contributed by atoms with Crippen LogP contribution in [0.15, 0.2) is 29.2 Å². The molecule has 1 saturated heterocycles. The van der Waals surface area contributed by atoms with E-state index >= 15 is 0 Å². The molecule has 0 radical (unpaired) electrons. The molecule has 2 fully saturated rings. The molecule has 1 aliphatic heterocycles. The molecule has 0 spiro atoms. The predicted octanol–water partition coefficient (Wildman–Crippen LogP) is 3.20. The lowest BCUT2D eigenvalue weighted by Gasteiger charge is -2.28. The van der Waals surface area contributed by atoms with Crippen LogP contribution in [0, 0.1) is 17.8 Å². The molecule has 1 saturated carbocycles. The van der Waals surface area contributed by atoms with Crippen LogP contribution in [0.4, 0.5) is 13.2 Å². The van der Waals surface area contributed by atoms with Crippen LogP contribution in [0.3, 0.4) is 0 Å². The van der Waals surface area contributed by atoms with Crippen LogP contribution in [0.2, 0.25) is 0 Å². The minimum Gasteiger partial charge on any atom is -0.352 e. The molecule has 1 aromatic carbocycles. The maximum Gasteiger partial charge on any atom is 0.416 e. The number of carbonyl (C=O) groups excluding carboxylic acids is 1. The average Bonchev–Trinajstić information content (AvgIpc) is 3.27. The van der Waals surface area contributed by atoms with E-state index < -0.39 is 21.8 Å². The Labute approximate surface area is 188 Å². The van der Waals surface area contributed by atoms with Crippen molar-refractivity contribution in [2.24, 2.45) is 17.8 Å². The number of carbonyl (C=O) groups is 1. The second-order valence-electron chi connectivity index (χ2n) is 9.57. The standard InChI is InChI=1S/C22H32F3N3O3S/c1-14(2)10-20(27(3)4)21(29)26-19-9-8-15-12-28(13-18(15)19)32(30,31)17-7-5-6-16(11-17)22(23,24)25/h5-7,11,14-15,18-20H,8-10,12-13H2,1-4H3,(H,26,29)/t15-,18+,19+,20-/m0/s1. The van der Waals surface area contributed by atoms with Gasteiger partial charge in [0.05, 0.1) is 16.5 Å². The smallest absolute Gasteiger partial charge is 0.352 e. The fourth-order valence-corrected chi connectivity index (χ4v) is 6.44. The fourth-order valence-electron chi connectivity index (χ4n) is 4.86. The number of halogens is 3. The van der Waals surface area contributed by atoms with Gasteiger partial charge >= 0.3 is 6.18 Å². The van der Waals surface area contributed by atoms with Crippen LogP contribution < -0.4 is 5.32 Å². The van der Waals surface area contributed by atoms with Gasteiger partial charge in [-0.3, -0.25) is 9.69 Å². The van der Waals surface area contributed by atoms with Crippen molar-refractivity contribution >= 4 is 15.9 Å². The number of fused-ring (bicyclic) bond motifs is 1. The summed E-state index contributed by atoms with van der Waals surface area (Å²) < 4.78 is 66.5. The molecule has 0 bridgehead atoms. The van der Waals surface area contributed by atoms with Gasteiger partial charge in [-0.1, -0.05) is 19.9 Å². The molecule has 1 heterocycles. The van der Waals surface area contributed by atoms with Crippen molar-refractivity contribution in [3.63, 3.8) is 0 Å². The number of benzene rings is 1. The summed E-state index contributed by atoms with van der Waals surface area (Å²) in [5.74, 6) is 0.336. The van der Waals surface area contributed by atoms with Gasteiger partial charge in [-0.2, -0.15) is 17.5 Å². The van der Waals surface area contributed by atoms with E-state index in [1.807, 2.05) is 19.0 Å². The van der Waals surface area contributed by atoms with Crippen molar-refractivity contribution in [3.05, 3.63) is 29.8 Å². The maximum absolute atomic E-state index is 13.1. The van der Waals surface area contributed by atoms with Crippen molar-refractivity contribution in [2.45, 2.75) is 56.3 Å². The van der Waals surface area contributed by atoms with Gasteiger partial charge < -0.3 is 5.32 Å². The van der Waals surface area contributed by atoms with Crippen LogP contribution in [0.25, 0.3) is 0 Å². The molecule has 1 aromatic rings. The molecule has 0 unspecified atom stereocenters. The Bertz CT molecular complexity index is 934. The number of hydrogen-bond acceptors (Lipinski definition) is 4. The first kappa shape index (κ1) is 25.0. The quantitative estimate of drug-likeness (QED) is 0.658. The van der Waals surface area contributed by atoms with Crippen LogP contribution in [-0.2, 0) is 21.0 Å². The average molecular weight is 476 g/mol. The Morgan fingerprint density at radius 2 is 1.91 bits per heavy atom. The Hall–Kier alpha value is -1.65. The van der Waals surface area contributed by atoms with Crippen LogP contribution in [0.1, 0.15) is 38.7 Å². The van der Waals surface area contributed by atoms with Crippen LogP contribution in [0.5, 0.6) is 0 Å². The Kier molecular flexibility index (Phi) is 7.26. The highest BCUT2D eigenvalue weighted by Gasteiger charge is 2.47. The molecule has 2 aliphatic rings. The maximum atomic E-state index is 13.1. The molecule has 1 N–H and O–H groups in total. The number of alkyl halides is 3. The van der Waals surface area contributed by atoms with Crippen LogP contribution in [-0.4, -0.2) is 62.8 Å². The molecule has 10 heteroatoms. The van der Waals surface area contributed by atoms with E-state index in [-0.39, 0.29) is 47.8 Å². The van der Waals surface area contributed by atoms with Gasteiger partial charge in [0.2, 0.25) is 15.9 Å². The van der Waals surface area contributed by atoms with E-state index in [1.165, 1.54) is 10.4 Å². The third-order valence-electron chi connectivity index (χ3n) is 6.57. The lowest BCUT2D eigenvalue weighted by molar-refractivity contribution is -0.137. The molecule has 180 valence electrons. The Morgan fingerprint density at radius 3 is 2.50 bits per heavy atom. The highest BCUT2D eigenvalue weighted by atomic mass is 32.2. The van der Waals surface area contributed by atoms with Gasteiger partial charge in [0.15, 0.2) is 0 Å². The van der Waals surface area contributed by atoms with E-state index in [0.717, 1.165) is 31.4 Å². The number of rotatable bonds is 7. The predicted molar refractivity (Wildman–Crippen MR) is 115 cm³/mol. The first-order valence-electron chi connectivity index (χ1n) is 10.9. The van der Waals surface area contributed by atoms with Gasteiger partial charge in [0.25, 0.3) is 0 Å². The Morgan fingerprint density at radius 1 is 1.22 bits per heavy atom. The van der Waals surface area contributed by atoms with E-state index in [9.17, 15) is 26.4 Å². The zero-order valence-corrected chi connectivity index (χ0v) is 19.7. The first-order valence-corrected chi connectivity index (χ1v) is 12.4. The molecular formula is C22H32F3N3O3S. The van der Waals surface area contributed by atoms with E-state index in [1.54, 1.807) is 0 Å². The molecule has 4 atom stereocenters. The first-order chi connectivity index (χ1) is 14.8. The van der Waals surface area contributed by atoms with E-state index in [4.69, 9.17) is 0 Å². The lowest BCUT2D eigenvalue weighted by Crippen LogP contribution is -2.49. The minimum atomic E-state index is -4.61. The number of nitrogens with one attached hydrogen (secondary N) is 1. The van der Waals surface area contributed by atoms with E-state index in [2.05, 4.69) is 19.2 Å². The molecule has 1 amide bonds. The molecular weight excluding hydrogens is 443 g/mol. The summed E-state index contributed by atoms with van der Waals surface area (Å²) in [6.07, 6.45) is -2.33. The molecule has 3 rings (SSSR count). The lowest BCUT2D eigenvalue weighted by atomic mass is 9.96. The van der Waals surface area contributed by atoms with Crippen molar-refractivity contribution in [3.8, 4) is 0 Å². The summed E-state index contributed by atoms with van der Waals surface area (Å²) in [6, 6.07) is 3.47. The van der Waals surface area contributed by atoms with E-state index in [0.29, 0.717) is 12.0 Å². The zero-order chi connectivity index (χ0) is 23.8. The third-order valence-corrected chi connectivity index (χ3v) is 8.40. The summed E-state index contributed by atoms with van der Waals surface area (Å²) in [6.45, 7) is 4.58. The second-order valence-corrected chi connectivity index (χ2v) is 11.5. The van der Waals surface area contributed by atoms with Gasteiger partial charge in [0, 0.05) is 19.1 Å². The summed E-state index contributed by atoms with van der Waals surface area (Å²) in [5, 5.41) is 3.13. The number of sulfonamides is 1. The number of hydrogen-bond donors (Lipinski definition) is 1. The molecule has 1 aliphatic carbocycles. The molecule has 6 nitrogen and oxygen atoms in total. The normalized spacial score (nSPS) is 25.3. The molecule has 0 aromatic heterocycles. The van der Waals surface area contributed by atoms with Gasteiger partial charge in [-0.25, -0.2) is 8.42 Å². The molecule has 32 heavy (non-hydrogen) atoms. The zero-order valence-electron chi connectivity index (χ0n) is 18.9. The second kappa shape index (κ2) is 9.30. The largest absolute Gasteiger partial charge is 0.416 e. The minimum absolute atomic E-state index is 0.0404. The highest BCUT2D eigenvalue weighted by molar-refractivity contribution is 7.89. The van der Waals surface area contributed by atoms with Crippen molar-refractivity contribution in [1.29, 1.82) is 0 Å². The fraction of sp³-hybridized carbons (Fsp3) is 0.682. The van der Waals surface area contributed by atoms with Crippen molar-refractivity contribution in [2.75, 3.05) is 27.2 Å². The van der Waals surface area contributed by atoms with Crippen LogP contribution >= 0.6 is 0 Å². The summed E-state index contributed by atoms with van der Waals surface area (Å²) in [4.78, 5) is 14.4. The van der Waals surface area contributed by atoms with Gasteiger partial charge in [-0.15, -0.1) is 0 Å². The highest BCUT2D eigenvalue weighted by Crippen LogP contribution is 2.41. The number of likely N-dealkylation sites (N-methyl/N-ethyl adjacent to an activating group) is 1. The summed E-state index contributed by atoms with van der Waals surface area (Å²) in [7, 11) is -0.320. The number of amides is 1.